The fraction of sp³-hybridized carbons (Fsp3) is 0.667. The molecule has 0 amide bonds. The van der Waals surface area contributed by atoms with E-state index in [1.165, 1.54) is 0 Å². The van der Waals surface area contributed by atoms with E-state index < -0.39 is 17.2 Å². The smallest absolute Gasteiger partial charge is 0.313 e. The van der Waals surface area contributed by atoms with E-state index in [4.69, 9.17) is 4.74 Å². The average Bonchev–Trinajstić information content (AvgIpc) is 3.08. The highest BCUT2D eigenvalue weighted by Gasteiger charge is 2.58. The lowest BCUT2D eigenvalue weighted by molar-refractivity contribution is -0.148. The molecule has 0 spiro atoms. The molecule has 2 saturated heterocycles. The highest BCUT2D eigenvalue weighted by atomic mass is 19.1. The summed E-state index contributed by atoms with van der Waals surface area (Å²) in [6.07, 6.45) is 1.11. The highest BCUT2D eigenvalue weighted by molar-refractivity contribution is 5.78. The Morgan fingerprint density at radius 3 is 2.96 bits per heavy atom. The fourth-order valence-electron chi connectivity index (χ4n) is 3.70. The summed E-state index contributed by atoms with van der Waals surface area (Å²) in [7, 11) is 3.22. The van der Waals surface area contributed by atoms with Crippen molar-refractivity contribution < 1.29 is 19.0 Å². The van der Waals surface area contributed by atoms with Crippen molar-refractivity contribution in [2.45, 2.75) is 0 Å². The van der Waals surface area contributed by atoms with Crippen LogP contribution in [0.4, 0.5) is 16.2 Å². The highest BCUT2D eigenvalue weighted by Crippen LogP contribution is 2.43. The van der Waals surface area contributed by atoms with Gasteiger partial charge in [-0.3, -0.25) is 9.69 Å². The standard InChI is InChI=1S/C15H22FN5O3/c1-17-12-11(16)5-18-14(19-12)21-7-10-6-20(3-4-24-2)8-15(10,9-21)13(22)23/h5,10H,3-4,6-9H2,1-2H3,(H,22,23)(H,17,18,19)/t10-,15-/m0/s1. The number of ether oxygens (including phenoxy) is 1. The van der Waals surface area contributed by atoms with Crippen LogP contribution in [0.25, 0.3) is 0 Å². The van der Waals surface area contributed by atoms with Crippen molar-refractivity contribution in [2.75, 3.05) is 63.7 Å². The monoisotopic (exact) mass is 339 g/mol. The summed E-state index contributed by atoms with van der Waals surface area (Å²) in [5.41, 5.74) is -0.842. The normalized spacial score (nSPS) is 26.6. The topological polar surface area (TPSA) is 90.8 Å². The first-order chi connectivity index (χ1) is 11.5. The van der Waals surface area contributed by atoms with Crippen molar-refractivity contribution in [3.05, 3.63) is 12.0 Å². The number of carboxylic acids is 1. The first kappa shape index (κ1) is 16.8. The summed E-state index contributed by atoms with van der Waals surface area (Å²) in [5, 5.41) is 12.5. The molecule has 2 N–H and O–H groups in total. The van der Waals surface area contributed by atoms with Gasteiger partial charge in [0.1, 0.15) is 5.41 Å². The van der Waals surface area contributed by atoms with Crippen LogP contribution in [-0.2, 0) is 9.53 Å². The van der Waals surface area contributed by atoms with Crippen LogP contribution >= 0.6 is 0 Å². The van der Waals surface area contributed by atoms with Gasteiger partial charge >= 0.3 is 5.97 Å². The zero-order chi connectivity index (χ0) is 17.3. The van der Waals surface area contributed by atoms with E-state index in [2.05, 4.69) is 20.2 Å². The Kier molecular flexibility index (Phi) is 4.55. The summed E-state index contributed by atoms with van der Waals surface area (Å²) in [6, 6.07) is 0. The van der Waals surface area contributed by atoms with E-state index in [0.717, 1.165) is 12.7 Å². The van der Waals surface area contributed by atoms with E-state index in [9.17, 15) is 14.3 Å². The van der Waals surface area contributed by atoms with Crippen molar-refractivity contribution in [1.29, 1.82) is 0 Å². The number of halogens is 1. The average molecular weight is 339 g/mol. The molecule has 0 unspecified atom stereocenters. The number of likely N-dealkylation sites (tertiary alicyclic amines) is 1. The van der Waals surface area contributed by atoms with Gasteiger partial charge in [-0.05, 0) is 0 Å². The van der Waals surface area contributed by atoms with Crippen LogP contribution in [0.1, 0.15) is 0 Å². The number of rotatable bonds is 6. The maximum atomic E-state index is 13.5. The second-order valence-electron chi connectivity index (χ2n) is 6.38. The van der Waals surface area contributed by atoms with Gasteiger partial charge in [0.25, 0.3) is 0 Å². The molecule has 9 heteroatoms. The van der Waals surface area contributed by atoms with Crippen LogP contribution in [0.15, 0.2) is 6.20 Å². The lowest BCUT2D eigenvalue weighted by atomic mass is 9.81. The predicted octanol–water partition coefficient (Wildman–Crippen LogP) is 0.127. The molecule has 2 atom stereocenters. The van der Waals surface area contributed by atoms with Gasteiger partial charge in [-0.2, -0.15) is 4.98 Å². The minimum atomic E-state index is -0.842. The van der Waals surface area contributed by atoms with Crippen molar-refractivity contribution in [3.63, 3.8) is 0 Å². The van der Waals surface area contributed by atoms with Crippen molar-refractivity contribution in [2.24, 2.45) is 11.3 Å². The third-order valence-electron chi connectivity index (χ3n) is 4.97. The van der Waals surface area contributed by atoms with E-state index >= 15 is 0 Å². The second-order valence-corrected chi connectivity index (χ2v) is 6.38. The number of nitrogens with one attached hydrogen (secondary N) is 1. The first-order valence-electron chi connectivity index (χ1n) is 7.90. The summed E-state index contributed by atoms with van der Waals surface area (Å²) < 4.78 is 18.6. The molecule has 2 aliphatic rings. The van der Waals surface area contributed by atoms with E-state index in [1.807, 2.05) is 4.90 Å². The molecule has 2 aliphatic heterocycles. The number of aromatic nitrogens is 2. The molecule has 1 aromatic rings. The lowest BCUT2D eigenvalue weighted by Gasteiger charge is -2.25. The molecule has 0 bridgehead atoms. The molecule has 0 aromatic carbocycles. The molecule has 3 rings (SSSR count). The number of fused-ring (bicyclic) bond motifs is 1. The van der Waals surface area contributed by atoms with Crippen LogP contribution in [-0.4, -0.2) is 79.4 Å². The van der Waals surface area contributed by atoms with Gasteiger partial charge in [0, 0.05) is 52.8 Å². The lowest BCUT2D eigenvalue weighted by Crippen LogP contribution is -2.41. The van der Waals surface area contributed by atoms with Crippen LogP contribution < -0.4 is 10.2 Å². The molecular weight excluding hydrogens is 317 g/mol. The largest absolute Gasteiger partial charge is 0.481 e. The number of nitrogens with zero attached hydrogens (tertiary/aromatic N) is 4. The number of hydrogen-bond acceptors (Lipinski definition) is 7. The molecule has 1 aromatic heterocycles. The van der Waals surface area contributed by atoms with Crippen LogP contribution in [0.3, 0.4) is 0 Å². The number of aliphatic carboxylic acids is 1. The third-order valence-corrected chi connectivity index (χ3v) is 4.97. The second kappa shape index (κ2) is 6.48. The molecule has 3 heterocycles. The minimum Gasteiger partial charge on any atom is -0.481 e. The van der Waals surface area contributed by atoms with Gasteiger partial charge in [-0.1, -0.05) is 0 Å². The van der Waals surface area contributed by atoms with Crippen LogP contribution in [0, 0.1) is 17.2 Å². The minimum absolute atomic E-state index is 0.0152. The SMILES string of the molecule is CNc1nc(N2C[C@@H]3CN(CCOC)C[C@]3(C(=O)O)C2)ncc1F. The number of carboxylic acid groups (broad SMARTS) is 1. The Morgan fingerprint density at radius 1 is 1.54 bits per heavy atom. The fourth-order valence-corrected chi connectivity index (χ4v) is 3.70. The summed E-state index contributed by atoms with van der Waals surface area (Å²) in [5.74, 6) is -0.869. The van der Waals surface area contributed by atoms with Gasteiger partial charge in [0.05, 0.1) is 12.8 Å². The van der Waals surface area contributed by atoms with Crippen LogP contribution in [0.2, 0.25) is 0 Å². The summed E-state index contributed by atoms with van der Waals surface area (Å²) >= 11 is 0. The van der Waals surface area contributed by atoms with E-state index in [-0.39, 0.29) is 11.7 Å². The zero-order valence-electron chi connectivity index (χ0n) is 13.8. The van der Waals surface area contributed by atoms with Gasteiger partial charge in [-0.15, -0.1) is 0 Å². The Balaban J connectivity index is 1.79. The van der Waals surface area contributed by atoms with Gasteiger partial charge in [0.2, 0.25) is 5.95 Å². The van der Waals surface area contributed by atoms with E-state index in [1.54, 1.807) is 14.2 Å². The maximum absolute atomic E-state index is 13.5. The van der Waals surface area contributed by atoms with Gasteiger partial charge in [-0.25, -0.2) is 9.37 Å². The molecule has 132 valence electrons. The summed E-state index contributed by atoms with van der Waals surface area (Å²) in [4.78, 5) is 24.1. The van der Waals surface area contributed by atoms with Crippen LogP contribution in [0.5, 0.6) is 0 Å². The van der Waals surface area contributed by atoms with E-state index in [0.29, 0.717) is 38.7 Å². The van der Waals surface area contributed by atoms with Crippen molar-refractivity contribution >= 4 is 17.7 Å². The predicted molar refractivity (Wildman–Crippen MR) is 85.6 cm³/mol. The van der Waals surface area contributed by atoms with Gasteiger partial charge < -0.3 is 20.1 Å². The van der Waals surface area contributed by atoms with Crippen molar-refractivity contribution in [3.8, 4) is 0 Å². The molecule has 0 aliphatic carbocycles. The number of carbonyl (C=O) groups is 1. The number of hydrogen-bond donors (Lipinski definition) is 2. The maximum Gasteiger partial charge on any atom is 0.313 e. The Bertz CT molecular complexity index is 631. The Labute approximate surface area is 139 Å². The Morgan fingerprint density at radius 2 is 2.33 bits per heavy atom. The van der Waals surface area contributed by atoms with Crippen molar-refractivity contribution in [1.82, 2.24) is 14.9 Å². The first-order valence-corrected chi connectivity index (χ1v) is 7.90. The third kappa shape index (κ3) is 2.78. The van der Waals surface area contributed by atoms with Gasteiger partial charge in [0.15, 0.2) is 11.6 Å². The molecule has 24 heavy (non-hydrogen) atoms. The number of methoxy groups -OCH3 is 1. The molecule has 2 fully saturated rings. The Hall–Kier alpha value is -2.00. The molecular formula is C15H22FN5O3. The zero-order valence-corrected chi connectivity index (χ0v) is 13.8. The number of anilines is 2. The molecule has 8 nitrogen and oxygen atoms in total. The molecule has 0 saturated carbocycles. The summed E-state index contributed by atoms with van der Waals surface area (Å²) in [6.45, 7) is 3.35. The quantitative estimate of drug-likeness (QED) is 0.756. The molecule has 0 radical (unpaired) electrons.